The van der Waals surface area contributed by atoms with Crippen molar-refractivity contribution in [2.24, 2.45) is 5.10 Å². The van der Waals surface area contributed by atoms with Gasteiger partial charge in [-0.25, -0.2) is 0 Å². The second-order valence-corrected chi connectivity index (χ2v) is 10.8. The summed E-state index contributed by atoms with van der Waals surface area (Å²) in [5, 5.41) is 7.14. The largest absolute Gasteiger partial charge is 0.491 e. The van der Waals surface area contributed by atoms with Gasteiger partial charge in [0.25, 0.3) is 0 Å². The van der Waals surface area contributed by atoms with E-state index in [0.717, 1.165) is 23.6 Å². The molecule has 0 saturated carbocycles. The number of hydrazone groups is 1. The van der Waals surface area contributed by atoms with E-state index >= 15 is 0 Å². The van der Waals surface area contributed by atoms with E-state index in [0.29, 0.717) is 39.6 Å². The van der Waals surface area contributed by atoms with Crippen LogP contribution in [-0.2, 0) is 19.6 Å². The molecule has 212 valence electrons. The van der Waals surface area contributed by atoms with Crippen LogP contribution in [0.15, 0.2) is 90.0 Å². The molecule has 1 aliphatic rings. The summed E-state index contributed by atoms with van der Waals surface area (Å²) in [5.74, 6) is 0.827. The molecule has 3 aromatic rings. The van der Waals surface area contributed by atoms with E-state index in [4.69, 9.17) is 24.0 Å². The zero-order chi connectivity index (χ0) is 28.2. The highest BCUT2D eigenvalue weighted by Gasteiger charge is 2.28. The van der Waals surface area contributed by atoms with Gasteiger partial charge in [-0.05, 0) is 52.4 Å². The Kier molecular flexibility index (Phi) is 10.9. The molecule has 3 aromatic carbocycles. The summed E-state index contributed by atoms with van der Waals surface area (Å²) >= 11 is 0. The maximum Gasteiger partial charge on any atom is 0.119 e. The summed E-state index contributed by atoms with van der Waals surface area (Å²) in [4.78, 5) is 0. The van der Waals surface area contributed by atoms with Crippen LogP contribution < -0.4 is 9.75 Å². The number of anilines is 1. The monoisotopic (exact) mass is 542 g/mol. The van der Waals surface area contributed by atoms with Gasteiger partial charge in [-0.2, -0.15) is 5.10 Å². The zero-order valence-corrected chi connectivity index (χ0v) is 24.2. The van der Waals surface area contributed by atoms with Gasteiger partial charge in [-0.15, -0.1) is 0 Å². The molecule has 6 nitrogen and oxygen atoms in total. The van der Waals surface area contributed by atoms with Crippen LogP contribution in [-0.4, -0.2) is 52.5 Å². The minimum absolute atomic E-state index is 0.112. The van der Waals surface area contributed by atoms with Crippen molar-refractivity contribution in [1.82, 2.24) is 0 Å². The first-order valence-electron chi connectivity index (χ1n) is 14.0. The molecular formula is C34H42N2O4. The van der Waals surface area contributed by atoms with Gasteiger partial charge in [-0.1, -0.05) is 81.4 Å². The first-order valence-corrected chi connectivity index (χ1v) is 14.0. The van der Waals surface area contributed by atoms with Crippen molar-refractivity contribution < 1.29 is 18.9 Å². The third-order valence-electron chi connectivity index (χ3n) is 6.76. The number of hydrogen-bond acceptors (Lipinski definition) is 6. The predicted molar refractivity (Wildman–Crippen MR) is 163 cm³/mol. The van der Waals surface area contributed by atoms with Crippen LogP contribution in [0.5, 0.6) is 5.75 Å². The number of rotatable bonds is 14. The van der Waals surface area contributed by atoms with E-state index in [1.54, 1.807) is 7.11 Å². The lowest BCUT2D eigenvalue weighted by atomic mass is 9.87. The summed E-state index contributed by atoms with van der Waals surface area (Å²) in [7, 11) is 1.66. The van der Waals surface area contributed by atoms with Crippen molar-refractivity contribution >= 4 is 17.5 Å². The molecular weight excluding hydrogens is 500 g/mol. The maximum absolute atomic E-state index is 5.88. The Balaban J connectivity index is 1.35. The zero-order valence-electron chi connectivity index (χ0n) is 24.2. The van der Waals surface area contributed by atoms with Crippen LogP contribution in [0.3, 0.4) is 0 Å². The minimum Gasteiger partial charge on any atom is -0.491 e. The number of hydrogen-bond donors (Lipinski definition) is 0. The van der Waals surface area contributed by atoms with E-state index in [9.17, 15) is 0 Å². The molecule has 0 aliphatic carbocycles. The fraction of sp³-hybridized carbons (Fsp3) is 0.382. The molecule has 1 atom stereocenters. The number of para-hydroxylation sites is 1. The quantitative estimate of drug-likeness (QED) is 0.204. The van der Waals surface area contributed by atoms with Crippen molar-refractivity contribution in [3.05, 3.63) is 102 Å². The van der Waals surface area contributed by atoms with Gasteiger partial charge in [0.2, 0.25) is 0 Å². The van der Waals surface area contributed by atoms with Crippen LogP contribution in [0.2, 0.25) is 0 Å². The van der Waals surface area contributed by atoms with E-state index in [1.807, 2.05) is 18.2 Å². The third-order valence-corrected chi connectivity index (χ3v) is 6.76. The van der Waals surface area contributed by atoms with Gasteiger partial charge in [0, 0.05) is 13.5 Å². The maximum atomic E-state index is 5.88. The van der Waals surface area contributed by atoms with Gasteiger partial charge in [0.1, 0.15) is 12.4 Å². The number of allylic oxidation sites excluding steroid dienone is 1. The lowest BCUT2D eigenvalue weighted by Crippen LogP contribution is -2.18. The van der Waals surface area contributed by atoms with Crippen molar-refractivity contribution in [2.75, 3.05) is 51.8 Å². The van der Waals surface area contributed by atoms with Crippen molar-refractivity contribution in [1.29, 1.82) is 0 Å². The molecule has 0 N–H and O–H groups in total. The SMILES string of the molecule is COCCOCCOCCOc1ccc(C2CC(/C=C/c3ccc(C(C)(C)C)cc3)=NN2c2ccccc2)cc1. The highest BCUT2D eigenvalue weighted by Crippen LogP contribution is 2.36. The predicted octanol–water partition coefficient (Wildman–Crippen LogP) is 7.06. The Labute approximate surface area is 239 Å². The molecule has 0 aromatic heterocycles. The molecule has 1 heterocycles. The fourth-order valence-corrected chi connectivity index (χ4v) is 4.47. The number of ether oxygens (including phenoxy) is 4. The molecule has 0 bridgehead atoms. The topological polar surface area (TPSA) is 52.5 Å². The van der Waals surface area contributed by atoms with Gasteiger partial charge < -0.3 is 18.9 Å². The molecule has 0 radical (unpaired) electrons. The summed E-state index contributed by atoms with van der Waals surface area (Å²) in [5.41, 5.74) is 5.99. The number of benzene rings is 3. The summed E-state index contributed by atoms with van der Waals surface area (Å²) in [6, 6.07) is 27.6. The van der Waals surface area contributed by atoms with Crippen LogP contribution in [0, 0.1) is 0 Å². The minimum atomic E-state index is 0.112. The Bertz CT molecular complexity index is 1220. The Morgan fingerprint density at radius 1 is 0.775 bits per heavy atom. The molecule has 40 heavy (non-hydrogen) atoms. The highest BCUT2D eigenvalue weighted by molar-refractivity contribution is 6.01. The fourth-order valence-electron chi connectivity index (χ4n) is 4.47. The van der Waals surface area contributed by atoms with Crippen LogP contribution in [0.25, 0.3) is 6.08 Å². The summed E-state index contributed by atoms with van der Waals surface area (Å²) in [6.07, 6.45) is 5.12. The molecule has 0 amide bonds. The second kappa shape index (κ2) is 14.8. The molecule has 1 unspecified atom stereocenters. The van der Waals surface area contributed by atoms with Gasteiger partial charge in [-0.3, -0.25) is 5.01 Å². The van der Waals surface area contributed by atoms with E-state index < -0.39 is 0 Å². The summed E-state index contributed by atoms with van der Waals surface area (Å²) in [6.45, 7) is 10.00. The van der Waals surface area contributed by atoms with Crippen molar-refractivity contribution in [3.63, 3.8) is 0 Å². The van der Waals surface area contributed by atoms with E-state index in [2.05, 4.69) is 98.6 Å². The van der Waals surface area contributed by atoms with Crippen LogP contribution in [0.4, 0.5) is 5.69 Å². The van der Waals surface area contributed by atoms with Crippen LogP contribution in [0.1, 0.15) is 49.9 Å². The first-order chi connectivity index (χ1) is 19.4. The van der Waals surface area contributed by atoms with E-state index in [-0.39, 0.29) is 11.5 Å². The Morgan fingerprint density at radius 2 is 1.43 bits per heavy atom. The third kappa shape index (κ3) is 8.78. The first kappa shape index (κ1) is 29.5. The second-order valence-electron chi connectivity index (χ2n) is 10.8. The average molecular weight is 543 g/mol. The van der Waals surface area contributed by atoms with E-state index in [1.165, 1.54) is 16.7 Å². The number of methoxy groups -OCH3 is 1. The lowest BCUT2D eigenvalue weighted by molar-refractivity contribution is 0.0180. The average Bonchev–Trinajstić information content (AvgIpc) is 3.40. The van der Waals surface area contributed by atoms with Crippen LogP contribution >= 0.6 is 0 Å². The van der Waals surface area contributed by atoms with Crippen molar-refractivity contribution in [2.45, 2.75) is 38.6 Å². The smallest absolute Gasteiger partial charge is 0.119 e. The molecule has 1 aliphatic heterocycles. The standard InChI is InChI=1S/C34H42N2O4/c1-34(2,3)29-15-10-27(11-16-29)12-17-30-26-33(36(35-30)31-8-6-5-7-9-31)28-13-18-32(19-14-28)40-25-24-39-23-22-38-21-20-37-4/h5-19,33H,20-26H2,1-4H3/b17-12+. The molecule has 4 rings (SSSR count). The number of nitrogens with zero attached hydrogens (tertiary/aromatic N) is 2. The summed E-state index contributed by atoms with van der Waals surface area (Å²) < 4.78 is 21.8. The molecule has 0 fully saturated rings. The molecule has 0 spiro atoms. The Hall–Kier alpha value is -3.45. The van der Waals surface area contributed by atoms with Crippen molar-refractivity contribution in [3.8, 4) is 5.75 Å². The normalized spacial score (nSPS) is 15.6. The van der Waals surface area contributed by atoms with Gasteiger partial charge in [0.15, 0.2) is 0 Å². The Morgan fingerprint density at radius 3 is 2.08 bits per heavy atom. The van der Waals surface area contributed by atoms with Gasteiger partial charge in [0.05, 0.1) is 50.5 Å². The van der Waals surface area contributed by atoms with Gasteiger partial charge >= 0.3 is 0 Å². The molecule has 6 heteroatoms. The molecule has 0 saturated heterocycles. The highest BCUT2D eigenvalue weighted by atomic mass is 16.6. The lowest BCUT2D eigenvalue weighted by Gasteiger charge is -2.24.